The van der Waals surface area contributed by atoms with Crippen LogP contribution in [0.5, 0.6) is 5.88 Å². The molecule has 1 aliphatic heterocycles. The Morgan fingerprint density at radius 1 is 1.31 bits per heavy atom. The first kappa shape index (κ1) is 16.3. The Morgan fingerprint density at radius 2 is 2.23 bits per heavy atom. The zero-order valence-corrected chi connectivity index (χ0v) is 14.5. The lowest BCUT2D eigenvalue weighted by Gasteiger charge is -2.33. The predicted octanol–water partition coefficient (Wildman–Crippen LogP) is 1.93. The van der Waals surface area contributed by atoms with E-state index in [-0.39, 0.29) is 0 Å². The van der Waals surface area contributed by atoms with Gasteiger partial charge in [0.2, 0.25) is 5.88 Å². The second-order valence-corrected chi connectivity index (χ2v) is 6.48. The molecule has 0 saturated carbocycles. The summed E-state index contributed by atoms with van der Waals surface area (Å²) in [5.41, 5.74) is 2.23. The fourth-order valence-electron chi connectivity index (χ4n) is 3.32. The van der Waals surface area contributed by atoms with Crippen LogP contribution in [0.2, 0.25) is 0 Å². The van der Waals surface area contributed by atoms with Crippen LogP contribution >= 0.6 is 0 Å². The molecule has 0 N–H and O–H groups in total. The number of ether oxygens (including phenoxy) is 1. The van der Waals surface area contributed by atoms with E-state index in [1.807, 2.05) is 11.6 Å². The number of nitriles is 1. The van der Waals surface area contributed by atoms with Crippen molar-refractivity contribution in [2.45, 2.75) is 12.8 Å². The summed E-state index contributed by atoms with van der Waals surface area (Å²) in [6.07, 6.45) is 7.11. The summed E-state index contributed by atoms with van der Waals surface area (Å²) in [6, 6.07) is 5.44. The highest BCUT2D eigenvalue weighted by molar-refractivity contribution is 5.83. The van der Waals surface area contributed by atoms with Gasteiger partial charge in [-0.2, -0.15) is 5.26 Å². The number of aryl methyl sites for hydroxylation is 1. The second kappa shape index (κ2) is 6.96. The molecule has 0 spiro atoms. The molecule has 3 aromatic rings. The van der Waals surface area contributed by atoms with Gasteiger partial charge in [0.15, 0.2) is 17.0 Å². The van der Waals surface area contributed by atoms with E-state index in [4.69, 9.17) is 10.00 Å². The van der Waals surface area contributed by atoms with E-state index in [1.54, 1.807) is 31.0 Å². The van der Waals surface area contributed by atoms with Crippen molar-refractivity contribution in [3.05, 3.63) is 36.5 Å². The SMILES string of the molecule is Cn1cnc2c(N3CCCC(COc4cc(C#N)ccn4)C3)ncnc21. The van der Waals surface area contributed by atoms with Gasteiger partial charge in [-0.1, -0.05) is 0 Å². The Labute approximate surface area is 151 Å². The Bertz CT molecular complexity index is 962. The van der Waals surface area contributed by atoms with E-state index in [9.17, 15) is 0 Å². The molecule has 0 aliphatic carbocycles. The monoisotopic (exact) mass is 349 g/mol. The minimum atomic E-state index is 0.366. The Kier molecular flexibility index (Phi) is 4.35. The van der Waals surface area contributed by atoms with Crippen LogP contribution in [0.15, 0.2) is 31.0 Å². The molecule has 0 aromatic carbocycles. The molecular weight excluding hydrogens is 330 g/mol. The normalized spacial score (nSPS) is 17.2. The summed E-state index contributed by atoms with van der Waals surface area (Å²) in [5.74, 6) is 1.74. The van der Waals surface area contributed by atoms with Crippen molar-refractivity contribution in [3.8, 4) is 11.9 Å². The molecule has 0 amide bonds. The zero-order valence-electron chi connectivity index (χ0n) is 14.5. The highest BCUT2D eigenvalue weighted by Crippen LogP contribution is 2.26. The third kappa shape index (κ3) is 3.16. The summed E-state index contributed by atoms with van der Waals surface area (Å²) < 4.78 is 7.72. The van der Waals surface area contributed by atoms with Gasteiger partial charge in [-0.05, 0) is 18.9 Å². The number of pyridine rings is 1. The number of nitrogens with zero attached hydrogens (tertiary/aromatic N) is 7. The molecule has 1 unspecified atom stereocenters. The van der Waals surface area contributed by atoms with E-state index < -0.39 is 0 Å². The molecule has 0 radical (unpaired) electrons. The van der Waals surface area contributed by atoms with Gasteiger partial charge in [0.25, 0.3) is 0 Å². The maximum absolute atomic E-state index is 8.97. The molecule has 1 saturated heterocycles. The van der Waals surface area contributed by atoms with E-state index in [0.717, 1.165) is 42.9 Å². The minimum absolute atomic E-state index is 0.366. The molecule has 8 heteroatoms. The Balaban J connectivity index is 1.46. The highest BCUT2D eigenvalue weighted by Gasteiger charge is 2.24. The van der Waals surface area contributed by atoms with Crippen molar-refractivity contribution in [3.63, 3.8) is 0 Å². The molecule has 132 valence electrons. The van der Waals surface area contributed by atoms with E-state index in [0.29, 0.717) is 24.0 Å². The van der Waals surface area contributed by atoms with Crippen molar-refractivity contribution in [1.82, 2.24) is 24.5 Å². The quantitative estimate of drug-likeness (QED) is 0.710. The van der Waals surface area contributed by atoms with Crippen molar-refractivity contribution in [1.29, 1.82) is 5.26 Å². The van der Waals surface area contributed by atoms with E-state index in [2.05, 4.69) is 30.9 Å². The van der Waals surface area contributed by atoms with Gasteiger partial charge < -0.3 is 14.2 Å². The van der Waals surface area contributed by atoms with Gasteiger partial charge in [0.1, 0.15) is 6.33 Å². The average Bonchev–Trinajstić information content (AvgIpc) is 3.08. The third-order valence-corrected chi connectivity index (χ3v) is 4.63. The molecule has 4 heterocycles. The Hall–Kier alpha value is -3.21. The average molecular weight is 349 g/mol. The van der Waals surface area contributed by atoms with Crippen molar-refractivity contribution in [2.75, 3.05) is 24.6 Å². The first-order valence-electron chi connectivity index (χ1n) is 8.60. The first-order valence-corrected chi connectivity index (χ1v) is 8.60. The van der Waals surface area contributed by atoms with Crippen LogP contribution in [0.25, 0.3) is 11.2 Å². The molecule has 26 heavy (non-hydrogen) atoms. The first-order chi connectivity index (χ1) is 12.7. The lowest BCUT2D eigenvalue weighted by molar-refractivity contribution is 0.221. The van der Waals surface area contributed by atoms with Crippen LogP contribution in [0.1, 0.15) is 18.4 Å². The zero-order chi connectivity index (χ0) is 17.9. The molecule has 1 atom stereocenters. The van der Waals surface area contributed by atoms with Gasteiger partial charge in [0, 0.05) is 38.3 Å². The van der Waals surface area contributed by atoms with Gasteiger partial charge in [-0.3, -0.25) is 0 Å². The van der Waals surface area contributed by atoms with Gasteiger partial charge in [-0.25, -0.2) is 19.9 Å². The largest absolute Gasteiger partial charge is 0.477 e. The molecule has 3 aromatic heterocycles. The maximum atomic E-state index is 8.97. The van der Waals surface area contributed by atoms with Crippen LogP contribution in [0, 0.1) is 17.2 Å². The smallest absolute Gasteiger partial charge is 0.214 e. The van der Waals surface area contributed by atoms with Crippen LogP contribution < -0.4 is 9.64 Å². The number of rotatable bonds is 4. The number of hydrogen-bond acceptors (Lipinski definition) is 7. The van der Waals surface area contributed by atoms with Crippen molar-refractivity contribution in [2.24, 2.45) is 13.0 Å². The molecular formula is C18H19N7O. The molecule has 4 rings (SSSR count). The molecule has 1 fully saturated rings. The number of anilines is 1. The lowest BCUT2D eigenvalue weighted by atomic mass is 9.99. The fraction of sp³-hybridized carbons (Fsp3) is 0.389. The van der Waals surface area contributed by atoms with Gasteiger partial charge in [-0.15, -0.1) is 0 Å². The number of aromatic nitrogens is 5. The summed E-state index contributed by atoms with van der Waals surface area (Å²) >= 11 is 0. The Morgan fingerprint density at radius 3 is 3.12 bits per heavy atom. The summed E-state index contributed by atoms with van der Waals surface area (Å²) in [5, 5.41) is 8.97. The van der Waals surface area contributed by atoms with Gasteiger partial charge in [0.05, 0.1) is 24.6 Å². The number of hydrogen-bond donors (Lipinski definition) is 0. The van der Waals surface area contributed by atoms with E-state index >= 15 is 0 Å². The van der Waals surface area contributed by atoms with Crippen molar-refractivity contribution >= 4 is 17.0 Å². The minimum Gasteiger partial charge on any atom is -0.477 e. The van der Waals surface area contributed by atoms with Crippen LogP contribution in [0.4, 0.5) is 5.82 Å². The maximum Gasteiger partial charge on any atom is 0.214 e. The van der Waals surface area contributed by atoms with Crippen molar-refractivity contribution < 1.29 is 4.74 Å². The second-order valence-electron chi connectivity index (χ2n) is 6.48. The number of piperidine rings is 1. The molecule has 8 nitrogen and oxygen atoms in total. The number of imidazole rings is 1. The standard InChI is InChI=1S/C18H19N7O/c1-24-12-23-16-17(24)21-11-22-18(16)25-6-2-3-14(9-25)10-26-15-7-13(8-19)4-5-20-15/h4-5,7,11-12,14H,2-3,6,9-10H2,1H3. The molecule has 0 bridgehead atoms. The molecule has 1 aliphatic rings. The fourth-order valence-corrected chi connectivity index (χ4v) is 3.32. The summed E-state index contributed by atoms with van der Waals surface area (Å²) in [4.78, 5) is 19.7. The lowest BCUT2D eigenvalue weighted by Crippen LogP contribution is -2.38. The van der Waals surface area contributed by atoms with Crippen LogP contribution in [0.3, 0.4) is 0 Å². The number of fused-ring (bicyclic) bond motifs is 1. The third-order valence-electron chi connectivity index (χ3n) is 4.63. The van der Waals surface area contributed by atoms with Gasteiger partial charge >= 0.3 is 0 Å². The summed E-state index contributed by atoms with van der Waals surface area (Å²) in [6.45, 7) is 2.36. The van der Waals surface area contributed by atoms with Crippen LogP contribution in [-0.4, -0.2) is 44.2 Å². The topological polar surface area (TPSA) is 92.8 Å². The van der Waals surface area contributed by atoms with Crippen LogP contribution in [-0.2, 0) is 7.05 Å². The summed E-state index contributed by atoms with van der Waals surface area (Å²) in [7, 11) is 1.93. The van der Waals surface area contributed by atoms with E-state index in [1.165, 1.54) is 0 Å². The predicted molar refractivity (Wildman–Crippen MR) is 95.7 cm³/mol. The highest BCUT2D eigenvalue weighted by atomic mass is 16.5.